The largest absolute Gasteiger partial charge is 0.326 e. The van der Waals surface area contributed by atoms with Gasteiger partial charge in [0.1, 0.15) is 0 Å². The first-order valence-corrected chi connectivity index (χ1v) is 9.41. The number of thiazole rings is 1. The molecule has 0 saturated carbocycles. The van der Waals surface area contributed by atoms with Crippen molar-refractivity contribution in [2.24, 2.45) is 0 Å². The molecule has 0 radical (unpaired) electrons. The highest BCUT2D eigenvalue weighted by atomic mass is 32.1. The van der Waals surface area contributed by atoms with E-state index in [0.717, 1.165) is 16.9 Å². The van der Waals surface area contributed by atoms with E-state index in [1.165, 1.54) is 11.3 Å². The third kappa shape index (κ3) is 5.65. The van der Waals surface area contributed by atoms with Gasteiger partial charge in [-0.1, -0.05) is 36.4 Å². The predicted molar refractivity (Wildman–Crippen MR) is 109 cm³/mol. The number of rotatable bonds is 6. The highest BCUT2D eigenvalue weighted by Gasteiger charge is 2.09. The summed E-state index contributed by atoms with van der Waals surface area (Å²) in [5.41, 5.74) is 3.32. The lowest BCUT2D eigenvalue weighted by molar-refractivity contribution is -0.116. The van der Waals surface area contributed by atoms with Gasteiger partial charge in [0.2, 0.25) is 5.91 Å². The summed E-state index contributed by atoms with van der Waals surface area (Å²) in [5, 5.41) is 10.7. The summed E-state index contributed by atoms with van der Waals surface area (Å²) in [6.45, 7) is 1.95. The molecule has 0 aliphatic rings. The summed E-state index contributed by atoms with van der Waals surface area (Å²) in [4.78, 5) is 28.4. The lowest BCUT2D eigenvalue weighted by Crippen LogP contribution is -2.19. The first kappa shape index (κ1) is 18.6. The molecule has 3 aromatic rings. The van der Waals surface area contributed by atoms with Crippen LogP contribution >= 0.6 is 11.3 Å². The van der Waals surface area contributed by atoms with Gasteiger partial charge in [-0.05, 0) is 37.1 Å². The number of hydrogen-bond donors (Lipinski definition) is 3. The van der Waals surface area contributed by atoms with Gasteiger partial charge >= 0.3 is 6.03 Å². The van der Waals surface area contributed by atoms with E-state index in [9.17, 15) is 9.59 Å². The predicted octanol–water partition coefficient (Wildman–Crippen LogP) is 4.67. The first-order chi connectivity index (χ1) is 13.1. The Morgan fingerprint density at radius 1 is 0.963 bits per heavy atom. The molecule has 3 rings (SSSR count). The molecule has 0 saturated heterocycles. The quantitative estimate of drug-likeness (QED) is 0.581. The zero-order chi connectivity index (χ0) is 19.1. The summed E-state index contributed by atoms with van der Waals surface area (Å²) in [5.74, 6) is -0.0615. The Balaban J connectivity index is 1.47. The molecule has 6 nitrogen and oxygen atoms in total. The van der Waals surface area contributed by atoms with Crippen molar-refractivity contribution in [2.45, 2.75) is 19.8 Å². The van der Waals surface area contributed by atoms with Crippen molar-refractivity contribution in [3.8, 4) is 0 Å². The molecule has 1 heterocycles. The average Bonchev–Trinajstić information content (AvgIpc) is 3.10. The van der Waals surface area contributed by atoms with E-state index in [2.05, 4.69) is 20.9 Å². The lowest BCUT2D eigenvalue weighted by Gasteiger charge is -2.07. The maximum Gasteiger partial charge on any atom is 0.325 e. The number of aromatic nitrogens is 1. The molecule has 1 aromatic heterocycles. The van der Waals surface area contributed by atoms with Gasteiger partial charge < -0.3 is 10.6 Å². The van der Waals surface area contributed by atoms with Crippen LogP contribution in [0.1, 0.15) is 17.7 Å². The smallest absolute Gasteiger partial charge is 0.325 e. The Morgan fingerprint density at radius 3 is 2.48 bits per heavy atom. The van der Waals surface area contributed by atoms with Crippen LogP contribution in [-0.2, 0) is 11.2 Å². The molecule has 3 N–H and O–H groups in total. The van der Waals surface area contributed by atoms with E-state index in [1.807, 2.05) is 54.8 Å². The number of hydrogen-bond acceptors (Lipinski definition) is 4. The Bertz CT molecular complexity index is 924. The summed E-state index contributed by atoms with van der Waals surface area (Å²) in [6.07, 6.45) is 0.837. The van der Waals surface area contributed by atoms with Crippen LogP contribution in [-0.4, -0.2) is 16.9 Å². The molecule has 0 spiro atoms. The maximum absolute atomic E-state index is 12.1. The number of amides is 3. The third-order valence-electron chi connectivity index (χ3n) is 3.83. The number of anilines is 3. The van der Waals surface area contributed by atoms with Crippen LogP contribution in [0.25, 0.3) is 0 Å². The van der Waals surface area contributed by atoms with Gasteiger partial charge in [0.15, 0.2) is 5.13 Å². The van der Waals surface area contributed by atoms with Crippen LogP contribution in [0.4, 0.5) is 21.3 Å². The molecule has 0 aliphatic heterocycles. The SMILES string of the molecule is Cc1ccccc1NC(=O)CCc1csc(NC(=O)Nc2ccccc2)n1. The minimum atomic E-state index is -0.348. The van der Waals surface area contributed by atoms with Gasteiger partial charge in [-0.2, -0.15) is 0 Å². The molecular formula is C20H20N4O2S. The Hall–Kier alpha value is -3.19. The summed E-state index contributed by atoms with van der Waals surface area (Å²) in [7, 11) is 0. The fourth-order valence-electron chi connectivity index (χ4n) is 2.43. The van der Waals surface area contributed by atoms with Gasteiger partial charge in [0.05, 0.1) is 5.69 Å². The van der Waals surface area contributed by atoms with E-state index in [4.69, 9.17) is 0 Å². The highest BCUT2D eigenvalue weighted by Crippen LogP contribution is 2.18. The molecule has 138 valence electrons. The number of nitrogens with zero attached hydrogens (tertiary/aromatic N) is 1. The molecule has 0 unspecified atom stereocenters. The fourth-order valence-corrected chi connectivity index (χ4v) is 3.17. The van der Waals surface area contributed by atoms with Crippen molar-refractivity contribution in [2.75, 3.05) is 16.0 Å². The van der Waals surface area contributed by atoms with E-state index in [1.54, 1.807) is 12.1 Å². The lowest BCUT2D eigenvalue weighted by atomic mass is 10.2. The zero-order valence-electron chi connectivity index (χ0n) is 14.9. The van der Waals surface area contributed by atoms with Crippen molar-refractivity contribution in [1.29, 1.82) is 0 Å². The number of carbonyl (C=O) groups is 2. The molecule has 7 heteroatoms. The van der Waals surface area contributed by atoms with Crippen molar-refractivity contribution in [3.05, 3.63) is 71.2 Å². The topological polar surface area (TPSA) is 83.1 Å². The van der Waals surface area contributed by atoms with Crippen molar-refractivity contribution in [1.82, 2.24) is 4.98 Å². The van der Waals surface area contributed by atoms with Crippen molar-refractivity contribution >= 4 is 39.8 Å². The van der Waals surface area contributed by atoms with Crippen LogP contribution in [0.3, 0.4) is 0 Å². The molecule has 0 atom stereocenters. The van der Waals surface area contributed by atoms with E-state index in [-0.39, 0.29) is 11.9 Å². The van der Waals surface area contributed by atoms with Crippen LogP contribution in [0.15, 0.2) is 60.0 Å². The van der Waals surface area contributed by atoms with Crippen LogP contribution < -0.4 is 16.0 Å². The number of para-hydroxylation sites is 2. The minimum absolute atomic E-state index is 0.0615. The molecule has 2 aromatic carbocycles. The van der Waals surface area contributed by atoms with E-state index >= 15 is 0 Å². The van der Waals surface area contributed by atoms with E-state index in [0.29, 0.717) is 23.7 Å². The maximum atomic E-state index is 12.1. The van der Waals surface area contributed by atoms with Gasteiger partial charge in [0, 0.05) is 23.2 Å². The summed E-state index contributed by atoms with van der Waals surface area (Å²) >= 11 is 1.33. The Kier molecular flexibility index (Phi) is 6.17. The van der Waals surface area contributed by atoms with Crippen LogP contribution in [0.5, 0.6) is 0 Å². The summed E-state index contributed by atoms with van der Waals surface area (Å²) < 4.78 is 0. The second-order valence-corrected chi connectivity index (χ2v) is 6.81. The Morgan fingerprint density at radius 2 is 1.70 bits per heavy atom. The minimum Gasteiger partial charge on any atom is -0.326 e. The second-order valence-electron chi connectivity index (χ2n) is 5.95. The van der Waals surface area contributed by atoms with Gasteiger partial charge in [-0.3, -0.25) is 10.1 Å². The molecule has 0 fully saturated rings. The molecule has 0 bridgehead atoms. The highest BCUT2D eigenvalue weighted by molar-refractivity contribution is 7.13. The van der Waals surface area contributed by atoms with Crippen LogP contribution in [0.2, 0.25) is 0 Å². The molecular weight excluding hydrogens is 360 g/mol. The van der Waals surface area contributed by atoms with Gasteiger partial charge in [-0.15, -0.1) is 11.3 Å². The second kappa shape index (κ2) is 8.95. The monoisotopic (exact) mass is 380 g/mol. The van der Waals surface area contributed by atoms with Gasteiger partial charge in [-0.25, -0.2) is 9.78 Å². The first-order valence-electron chi connectivity index (χ1n) is 8.53. The number of aryl methyl sites for hydroxylation is 2. The van der Waals surface area contributed by atoms with Crippen molar-refractivity contribution < 1.29 is 9.59 Å². The molecule has 3 amide bonds. The fraction of sp³-hybridized carbons (Fsp3) is 0.150. The number of urea groups is 1. The standard InChI is InChI=1S/C20H20N4O2S/c1-14-7-5-6-10-17(14)23-18(25)12-11-16-13-27-20(22-16)24-19(26)21-15-8-3-2-4-9-15/h2-10,13H,11-12H2,1H3,(H,23,25)(H2,21,22,24,26). The summed E-state index contributed by atoms with van der Waals surface area (Å²) in [6, 6.07) is 16.5. The van der Waals surface area contributed by atoms with Crippen molar-refractivity contribution in [3.63, 3.8) is 0 Å². The Labute approximate surface area is 161 Å². The third-order valence-corrected chi connectivity index (χ3v) is 4.64. The van der Waals surface area contributed by atoms with Gasteiger partial charge in [0.25, 0.3) is 0 Å². The number of nitrogens with one attached hydrogen (secondary N) is 3. The molecule has 0 aliphatic carbocycles. The van der Waals surface area contributed by atoms with Crippen LogP contribution in [0, 0.1) is 6.92 Å². The number of benzene rings is 2. The number of carbonyl (C=O) groups excluding carboxylic acids is 2. The van der Waals surface area contributed by atoms with E-state index < -0.39 is 0 Å². The zero-order valence-corrected chi connectivity index (χ0v) is 15.7. The average molecular weight is 380 g/mol. The molecule has 27 heavy (non-hydrogen) atoms. The normalized spacial score (nSPS) is 10.3.